The Morgan fingerprint density at radius 3 is 1.79 bits per heavy atom. The van der Waals surface area contributed by atoms with Crippen LogP contribution in [0.25, 0.3) is 100 Å². The summed E-state index contributed by atoms with van der Waals surface area (Å²) in [6.45, 7) is 4.59. The van der Waals surface area contributed by atoms with Crippen LogP contribution in [0.1, 0.15) is 25.0 Å². The number of furan rings is 2. The van der Waals surface area contributed by atoms with Crippen molar-refractivity contribution >= 4 is 43.9 Å². The molecule has 5 nitrogen and oxygen atoms in total. The summed E-state index contributed by atoms with van der Waals surface area (Å²) in [5.74, 6) is 1.74. The van der Waals surface area contributed by atoms with Crippen molar-refractivity contribution in [1.82, 2.24) is 15.0 Å². The molecule has 1 aliphatic rings. The van der Waals surface area contributed by atoms with E-state index in [4.69, 9.17) is 23.8 Å². The fraction of sp³-hybridized carbons (Fsp3) is 0.0625. The van der Waals surface area contributed by atoms with Gasteiger partial charge in [-0.3, -0.25) is 0 Å². The van der Waals surface area contributed by atoms with Crippen molar-refractivity contribution in [3.63, 3.8) is 0 Å². The Kier molecular flexibility index (Phi) is 6.23. The maximum absolute atomic E-state index is 6.48. The molecule has 0 unspecified atom stereocenters. The molecule has 5 heteroatoms. The van der Waals surface area contributed by atoms with Gasteiger partial charge in [-0.2, -0.15) is 0 Å². The van der Waals surface area contributed by atoms with Crippen molar-refractivity contribution in [2.45, 2.75) is 19.3 Å². The fourth-order valence-corrected chi connectivity index (χ4v) is 8.25. The van der Waals surface area contributed by atoms with Crippen LogP contribution in [0.2, 0.25) is 0 Å². The van der Waals surface area contributed by atoms with E-state index in [9.17, 15) is 0 Å². The number of hydrogen-bond acceptors (Lipinski definition) is 5. The molecule has 7 aromatic carbocycles. The van der Waals surface area contributed by atoms with E-state index in [2.05, 4.69) is 117 Å². The van der Waals surface area contributed by atoms with Crippen molar-refractivity contribution in [1.29, 1.82) is 0 Å². The van der Waals surface area contributed by atoms with E-state index in [1.807, 2.05) is 48.5 Å². The third-order valence-corrected chi connectivity index (χ3v) is 11.0. The Labute approximate surface area is 305 Å². The number of hydrogen-bond donors (Lipinski definition) is 0. The largest absolute Gasteiger partial charge is 0.456 e. The van der Waals surface area contributed by atoms with Crippen LogP contribution in [0.4, 0.5) is 0 Å². The van der Waals surface area contributed by atoms with Crippen LogP contribution in [0.3, 0.4) is 0 Å². The van der Waals surface area contributed by atoms with E-state index in [0.717, 1.165) is 71.7 Å². The van der Waals surface area contributed by atoms with E-state index < -0.39 is 0 Å². The van der Waals surface area contributed by atoms with Gasteiger partial charge in [0, 0.05) is 38.1 Å². The minimum Gasteiger partial charge on any atom is -0.456 e. The number of aromatic nitrogens is 3. The van der Waals surface area contributed by atoms with Gasteiger partial charge in [-0.15, -0.1) is 0 Å². The minimum atomic E-state index is -0.160. The Hall–Kier alpha value is -6.85. The number of benzene rings is 7. The van der Waals surface area contributed by atoms with Crippen molar-refractivity contribution < 1.29 is 8.83 Å². The van der Waals surface area contributed by atoms with Crippen LogP contribution >= 0.6 is 0 Å². The maximum Gasteiger partial charge on any atom is 0.167 e. The first-order valence-corrected chi connectivity index (χ1v) is 17.9. The molecule has 0 radical (unpaired) electrons. The molecular weight excluding hydrogens is 651 g/mol. The first kappa shape index (κ1) is 29.8. The monoisotopic (exact) mass is 681 g/mol. The van der Waals surface area contributed by atoms with E-state index in [1.165, 1.54) is 22.3 Å². The van der Waals surface area contributed by atoms with Gasteiger partial charge in [0.15, 0.2) is 17.5 Å². The van der Waals surface area contributed by atoms with Crippen LogP contribution in [-0.2, 0) is 5.41 Å². The normalized spacial score (nSPS) is 13.2. The number of rotatable bonds is 4. The quantitative estimate of drug-likeness (QED) is 0.185. The second-order valence-corrected chi connectivity index (χ2v) is 14.4. The van der Waals surface area contributed by atoms with Crippen LogP contribution in [-0.4, -0.2) is 15.0 Å². The van der Waals surface area contributed by atoms with E-state index in [-0.39, 0.29) is 5.41 Å². The Balaban J connectivity index is 1.13. The van der Waals surface area contributed by atoms with Crippen LogP contribution in [0, 0.1) is 0 Å². The second-order valence-electron chi connectivity index (χ2n) is 14.4. The smallest absolute Gasteiger partial charge is 0.167 e. The van der Waals surface area contributed by atoms with Crippen LogP contribution in [0.5, 0.6) is 0 Å². The number of fused-ring (bicyclic) bond motifs is 9. The Bertz CT molecular complexity index is 3100. The summed E-state index contributed by atoms with van der Waals surface area (Å²) in [4.78, 5) is 15.6. The van der Waals surface area contributed by atoms with E-state index >= 15 is 0 Å². The zero-order valence-corrected chi connectivity index (χ0v) is 29.1. The van der Waals surface area contributed by atoms with Crippen molar-refractivity contribution in [3.05, 3.63) is 163 Å². The minimum absolute atomic E-state index is 0.160. The molecule has 0 bridgehead atoms. The summed E-state index contributed by atoms with van der Waals surface area (Å²) in [7, 11) is 0. The zero-order chi connectivity index (χ0) is 35.3. The van der Waals surface area contributed by atoms with Gasteiger partial charge in [0.05, 0.1) is 5.56 Å². The molecule has 0 fully saturated rings. The number of para-hydroxylation sites is 2. The first-order valence-electron chi connectivity index (χ1n) is 17.9. The highest BCUT2D eigenvalue weighted by Gasteiger charge is 2.35. The lowest BCUT2D eigenvalue weighted by atomic mass is 9.82. The molecule has 0 spiro atoms. The lowest BCUT2D eigenvalue weighted by Crippen LogP contribution is -2.15. The van der Waals surface area contributed by atoms with E-state index in [1.54, 1.807) is 0 Å². The molecule has 11 rings (SSSR count). The highest BCUT2D eigenvalue weighted by molar-refractivity contribution is 6.09. The van der Waals surface area contributed by atoms with E-state index in [0.29, 0.717) is 17.5 Å². The van der Waals surface area contributed by atoms with Gasteiger partial charge < -0.3 is 8.83 Å². The third-order valence-electron chi connectivity index (χ3n) is 11.0. The summed E-state index contributed by atoms with van der Waals surface area (Å²) < 4.78 is 12.8. The lowest BCUT2D eigenvalue weighted by Gasteiger charge is -2.21. The maximum atomic E-state index is 6.48. The predicted molar refractivity (Wildman–Crippen MR) is 214 cm³/mol. The van der Waals surface area contributed by atoms with Gasteiger partial charge in [0.1, 0.15) is 22.3 Å². The first-order chi connectivity index (χ1) is 26.0. The SMILES string of the molecule is CC1(C)c2ccccc2-c2ccc(-c3nc(-c4ccc5oc6ccc(-c7ccccc7)cc6c5c4)nc(-c4cccc5c4oc4ccccc45)n3)cc21. The topological polar surface area (TPSA) is 65.0 Å². The van der Waals surface area contributed by atoms with Gasteiger partial charge in [0.2, 0.25) is 0 Å². The van der Waals surface area contributed by atoms with Gasteiger partial charge in [-0.25, -0.2) is 15.0 Å². The molecule has 0 atom stereocenters. The van der Waals surface area contributed by atoms with Crippen molar-refractivity contribution in [2.24, 2.45) is 0 Å². The molecule has 1 aliphatic carbocycles. The summed E-state index contributed by atoms with van der Waals surface area (Å²) in [6.07, 6.45) is 0. The molecule has 53 heavy (non-hydrogen) atoms. The van der Waals surface area contributed by atoms with Crippen molar-refractivity contribution in [2.75, 3.05) is 0 Å². The fourth-order valence-electron chi connectivity index (χ4n) is 8.25. The van der Waals surface area contributed by atoms with Crippen molar-refractivity contribution in [3.8, 4) is 56.4 Å². The summed E-state index contributed by atoms with van der Waals surface area (Å²) in [5, 5.41) is 4.14. The van der Waals surface area contributed by atoms with Crippen LogP contribution < -0.4 is 0 Å². The molecule has 10 aromatic rings. The highest BCUT2D eigenvalue weighted by atomic mass is 16.3. The van der Waals surface area contributed by atoms with Gasteiger partial charge >= 0.3 is 0 Å². The summed E-state index contributed by atoms with van der Waals surface area (Å²) in [6, 6.07) is 52.6. The Morgan fingerprint density at radius 1 is 0.377 bits per heavy atom. The molecule has 0 aliphatic heterocycles. The van der Waals surface area contributed by atoms with Crippen LogP contribution in [0.15, 0.2) is 160 Å². The molecule has 0 N–H and O–H groups in total. The van der Waals surface area contributed by atoms with Gasteiger partial charge in [-0.05, 0) is 81.9 Å². The molecular formula is C48H31N3O2. The standard InChI is InChI=1S/C48H31N3O2/c1-48(2)39-17-8-6-13-32(39)33-22-19-31(27-40(33)48)46-49-45(50-47(51-46)36-16-10-15-35-34-14-7-9-18-41(34)53-44(35)36)30-21-24-43-38(26-30)37-25-29(20-23-42(37)52-43)28-11-4-3-5-12-28/h3-27H,1-2H3. The molecule has 0 saturated heterocycles. The summed E-state index contributed by atoms with van der Waals surface area (Å²) in [5.41, 5.74) is 13.1. The molecule has 0 amide bonds. The average Bonchev–Trinajstić information content (AvgIpc) is 3.85. The summed E-state index contributed by atoms with van der Waals surface area (Å²) >= 11 is 0. The van der Waals surface area contributed by atoms with Gasteiger partial charge in [-0.1, -0.05) is 117 Å². The zero-order valence-electron chi connectivity index (χ0n) is 29.1. The molecule has 3 aromatic heterocycles. The second kappa shape index (κ2) is 11.1. The molecule has 3 heterocycles. The molecule has 0 saturated carbocycles. The Morgan fingerprint density at radius 2 is 0.962 bits per heavy atom. The highest BCUT2D eigenvalue weighted by Crippen LogP contribution is 2.49. The predicted octanol–water partition coefficient (Wildman–Crippen LogP) is 12.6. The number of nitrogens with zero attached hydrogens (tertiary/aromatic N) is 3. The average molecular weight is 682 g/mol. The van der Waals surface area contributed by atoms with Gasteiger partial charge in [0.25, 0.3) is 0 Å². The third kappa shape index (κ3) is 4.54. The molecule has 250 valence electrons. The lowest BCUT2D eigenvalue weighted by molar-refractivity contribution is 0.660.